The zero-order chi connectivity index (χ0) is 14.9. The van der Waals surface area contributed by atoms with E-state index in [0.29, 0.717) is 31.2 Å². The Morgan fingerprint density at radius 1 is 1.48 bits per heavy atom. The first-order valence-electron chi connectivity index (χ1n) is 7.16. The van der Waals surface area contributed by atoms with Crippen LogP contribution in [0.2, 0.25) is 0 Å². The summed E-state index contributed by atoms with van der Waals surface area (Å²) in [6.45, 7) is 2.15. The normalized spacial score (nSPS) is 17.0. The van der Waals surface area contributed by atoms with Crippen molar-refractivity contribution in [1.29, 1.82) is 0 Å². The third-order valence-electron chi connectivity index (χ3n) is 3.92. The van der Waals surface area contributed by atoms with Crippen molar-refractivity contribution in [1.82, 2.24) is 19.9 Å². The number of carbonyl (C=O) groups is 1. The van der Waals surface area contributed by atoms with Gasteiger partial charge >= 0.3 is 5.97 Å². The molecular weight excluding hydrogens is 272 g/mol. The molecule has 0 N–H and O–H groups in total. The summed E-state index contributed by atoms with van der Waals surface area (Å²) in [4.78, 5) is 16.8. The summed E-state index contributed by atoms with van der Waals surface area (Å²) in [6, 6.07) is 0. The summed E-state index contributed by atoms with van der Waals surface area (Å²) < 4.78 is 12.3. The van der Waals surface area contributed by atoms with Crippen LogP contribution in [0.3, 0.4) is 0 Å². The SMILES string of the molecule is CCOC(=O)C1(c2nc(-c3cnn(C)c3)no2)CCCC1. The molecule has 112 valence electrons. The van der Waals surface area contributed by atoms with Crippen molar-refractivity contribution < 1.29 is 14.1 Å². The molecule has 21 heavy (non-hydrogen) atoms. The summed E-state index contributed by atoms with van der Waals surface area (Å²) in [6.07, 6.45) is 6.79. The molecule has 1 saturated carbocycles. The zero-order valence-electron chi connectivity index (χ0n) is 12.2. The fourth-order valence-corrected chi connectivity index (χ4v) is 2.82. The predicted molar refractivity (Wildman–Crippen MR) is 73.3 cm³/mol. The van der Waals surface area contributed by atoms with E-state index >= 15 is 0 Å². The number of carbonyl (C=O) groups excluding carboxylic acids is 1. The number of aryl methyl sites for hydroxylation is 1. The third-order valence-corrected chi connectivity index (χ3v) is 3.92. The van der Waals surface area contributed by atoms with Crippen molar-refractivity contribution in [2.45, 2.75) is 38.0 Å². The molecule has 0 spiro atoms. The summed E-state index contributed by atoms with van der Waals surface area (Å²) in [5, 5.41) is 8.07. The summed E-state index contributed by atoms with van der Waals surface area (Å²) in [5.74, 6) is 0.551. The highest BCUT2D eigenvalue weighted by Gasteiger charge is 2.49. The maximum atomic E-state index is 12.4. The van der Waals surface area contributed by atoms with Gasteiger partial charge in [-0.3, -0.25) is 9.48 Å². The van der Waals surface area contributed by atoms with Crippen molar-refractivity contribution in [3.05, 3.63) is 18.3 Å². The fraction of sp³-hybridized carbons (Fsp3) is 0.571. The Bertz CT molecular complexity index is 640. The van der Waals surface area contributed by atoms with Gasteiger partial charge in [0.15, 0.2) is 0 Å². The van der Waals surface area contributed by atoms with Crippen LogP contribution >= 0.6 is 0 Å². The molecule has 0 bridgehead atoms. The summed E-state index contributed by atoms with van der Waals surface area (Å²) in [7, 11) is 1.82. The van der Waals surface area contributed by atoms with Gasteiger partial charge in [-0.15, -0.1) is 0 Å². The van der Waals surface area contributed by atoms with Crippen molar-refractivity contribution in [3.63, 3.8) is 0 Å². The molecule has 0 atom stereocenters. The highest BCUT2D eigenvalue weighted by atomic mass is 16.5. The van der Waals surface area contributed by atoms with Crippen LogP contribution in [0.15, 0.2) is 16.9 Å². The van der Waals surface area contributed by atoms with E-state index in [1.165, 1.54) is 0 Å². The van der Waals surface area contributed by atoms with Gasteiger partial charge < -0.3 is 9.26 Å². The molecule has 0 radical (unpaired) electrons. The molecule has 7 heteroatoms. The van der Waals surface area contributed by atoms with Gasteiger partial charge in [0.25, 0.3) is 0 Å². The maximum absolute atomic E-state index is 12.4. The Balaban J connectivity index is 1.94. The molecule has 1 aliphatic rings. The lowest BCUT2D eigenvalue weighted by atomic mass is 9.86. The molecular formula is C14H18N4O3. The van der Waals surface area contributed by atoms with Crippen LogP contribution in [0.25, 0.3) is 11.4 Å². The molecule has 1 fully saturated rings. The quantitative estimate of drug-likeness (QED) is 0.799. The topological polar surface area (TPSA) is 83.0 Å². The second kappa shape index (κ2) is 5.31. The molecule has 2 heterocycles. The monoisotopic (exact) mass is 290 g/mol. The third kappa shape index (κ3) is 2.32. The van der Waals surface area contributed by atoms with Crippen LogP contribution in [0.1, 0.15) is 38.5 Å². The molecule has 0 aromatic carbocycles. The Morgan fingerprint density at radius 2 is 2.24 bits per heavy atom. The van der Waals surface area contributed by atoms with Crippen LogP contribution < -0.4 is 0 Å². The summed E-state index contributed by atoms with van der Waals surface area (Å²) >= 11 is 0. The largest absolute Gasteiger partial charge is 0.465 e. The van der Waals surface area contributed by atoms with Crippen molar-refractivity contribution in [2.75, 3.05) is 6.61 Å². The first-order chi connectivity index (χ1) is 10.2. The molecule has 2 aromatic rings. The molecule has 0 aliphatic heterocycles. The van der Waals surface area contributed by atoms with Gasteiger partial charge in [0.05, 0.1) is 18.4 Å². The fourth-order valence-electron chi connectivity index (χ4n) is 2.82. The van der Waals surface area contributed by atoms with Crippen LogP contribution in [0, 0.1) is 0 Å². The van der Waals surface area contributed by atoms with Gasteiger partial charge in [0, 0.05) is 13.2 Å². The smallest absolute Gasteiger partial charge is 0.321 e. The van der Waals surface area contributed by atoms with Crippen molar-refractivity contribution in [2.24, 2.45) is 7.05 Å². The highest BCUT2D eigenvalue weighted by Crippen LogP contribution is 2.41. The van der Waals surface area contributed by atoms with E-state index in [4.69, 9.17) is 9.26 Å². The average molecular weight is 290 g/mol. The number of hydrogen-bond acceptors (Lipinski definition) is 6. The standard InChI is InChI=1S/C14H18N4O3/c1-3-20-13(19)14(6-4-5-7-14)12-16-11(17-21-12)10-8-15-18(2)9-10/h8-9H,3-7H2,1-2H3. The maximum Gasteiger partial charge on any atom is 0.321 e. The average Bonchev–Trinajstić information content (AvgIpc) is 3.18. The Kier molecular flexibility index (Phi) is 3.48. The molecule has 0 saturated heterocycles. The van der Waals surface area contributed by atoms with Crippen molar-refractivity contribution >= 4 is 5.97 Å². The van der Waals surface area contributed by atoms with E-state index in [1.807, 2.05) is 7.05 Å². The lowest BCUT2D eigenvalue weighted by molar-refractivity contribution is -0.151. The minimum Gasteiger partial charge on any atom is -0.465 e. The van der Waals surface area contributed by atoms with Gasteiger partial charge in [0.2, 0.25) is 11.7 Å². The molecule has 0 unspecified atom stereocenters. The lowest BCUT2D eigenvalue weighted by Gasteiger charge is -2.21. The Hall–Kier alpha value is -2.18. The van der Waals surface area contributed by atoms with Crippen LogP contribution in [-0.4, -0.2) is 32.5 Å². The lowest BCUT2D eigenvalue weighted by Crippen LogP contribution is -2.35. The molecule has 7 nitrogen and oxygen atoms in total. The van der Waals surface area contributed by atoms with E-state index in [-0.39, 0.29) is 5.97 Å². The van der Waals surface area contributed by atoms with E-state index in [9.17, 15) is 4.79 Å². The number of hydrogen-bond donors (Lipinski definition) is 0. The van der Waals surface area contributed by atoms with Gasteiger partial charge in [-0.1, -0.05) is 18.0 Å². The summed E-state index contributed by atoms with van der Waals surface area (Å²) in [5.41, 5.74) is -0.00628. The number of ether oxygens (including phenoxy) is 1. The molecule has 1 aliphatic carbocycles. The van der Waals surface area contributed by atoms with E-state index in [2.05, 4.69) is 15.2 Å². The van der Waals surface area contributed by atoms with Gasteiger partial charge in [-0.05, 0) is 19.8 Å². The second-order valence-corrected chi connectivity index (χ2v) is 5.34. The number of nitrogens with zero attached hydrogens (tertiary/aromatic N) is 4. The number of esters is 1. The van der Waals surface area contributed by atoms with Crippen LogP contribution in [-0.2, 0) is 22.0 Å². The van der Waals surface area contributed by atoms with Crippen LogP contribution in [0.4, 0.5) is 0 Å². The highest BCUT2D eigenvalue weighted by molar-refractivity contribution is 5.82. The van der Waals surface area contributed by atoms with E-state index in [1.54, 1.807) is 24.0 Å². The number of rotatable bonds is 4. The molecule has 0 amide bonds. The Morgan fingerprint density at radius 3 is 2.86 bits per heavy atom. The van der Waals surface area contributed by atoms with Crippen LogP contribution in [0.5, 0.6) is 0 Å². The molecule has 2 aromatic heterocycles. The zero-order valence-corrected chi connectivity index (χ0v) is 12.2. The van der Waals surface area contributed by atoms with Gasteiger partial charge in [0.1, 0.15) is 5.41 Å². The van der Waals surface area contributed by atoms with E-state index in [0.717, 1.165) is 18.4 Å². The Labute approximate surface area is 122 Å². The van der Waals surface area contributed by atoms with Gasteiger partial charge in [-0.25, -0.2) is 0 Å². The first kappa shape index (κ1) is 13.8. The minimum absolute atomic E-state index is 0.260. The van der Waals surface area contributed by atoms with Crippen molar-refractivity contribution in [3.8, 4) is 11.4 Å². The minimum atomic E-state index is -0.774. The first-order valence-corrected chi connectivity index (χ1v) is 7.16. The van der Waals surface area contributed by atoms with E-state index < -0.39 is 5.41 Å². The van der Waals surface area contributed by atoms with Gasteiger partial charge in [-0.2, -0.15) is 10.1 Å². The molecule has 3 rings (SSSR count). The predicted octanol–water partition coefficient (Wildman–Crippen LogP) is 1.84. The number of aromatic nitrogens is 4. The second-order valence-electron chi connectivity index (χ2n) is 5.34.